The van der Waals surface area contributed by atoms with Crippen LogP contribution in [0.2, 0.25) is 0 Å². The molecule has 4 aromatic rings. The average molecular weight is 377 g/mol. The number of fused-ring (bicyclic) bond motifs is 1. The minimum atomic E-state index is -0.169. The molecule has 0 aliphatic rings. The van der Waals surface area contributed by atoms with Crippen molar-refractivity contribution >= 4 is 45.0 Å². The number of aromatic nitrogens is 2. The minimum Gasteiger partial charge on any atom is -0.307 e. The van der Waals surface area contributed by atoms with Gasteiger partial charge in [0.05, 0.1) is 10.2 Å². The maximum absolute atomic E-state index is 12.3. The van der Waals surface area contributed by atoms with Gasteiger partial charge in [-0.05, 0) is 54.8 Å². The molecule has 26 heavy (non-hydrogen) atoms. The van der Waals surface area contributed by atoms with E-state index in [1.54, 1.807) is 35.4 Å². The molecule has 2 aromatic carbocycles. The van der Waals surface area contributed by atoms with Gasteiger partial charge in [-0.15, -0.1) is 23.1 Å². The smallest absolute Gasteiger partial charge is 0.256 e. The Morgan fingerprint density at radius 3 is 2.54 bits per heavy atom. The molecule has 0 saturated heterocycles. The van der Waals surface area contributed by atoms with Crippen LogP contribution in [0.4, 0.5) is 5.82 Å². The first kappa shape index (κ1) is 16.8. The van der Waals surface area contributed by atoms with Gasteiger partial charge in [-0.1, -0.05) is 12.1 Å². The van der Waals surface area contributed by atoms with Gasteiger partial charge in [0, 0.05) is 22.2 Å². The maximum Gasteiger partial charge on any atom is 0.256 e. The first-order valence-corrected chi connectivity index (χ1v) is 10.0. The quantitative estimate of drug-likeness (QED) is 0.488. The molecule has 6 heteroatoms. The van der Waals surface area contributed by atoms with Crippen LogP contribution in [0.25, 0.3) is 20.8 Å². The number of para-hydroxylation sites is 1. The predicted molar refractivity (Wildman–Crippen MR) is 109 cm³/mol. The third-order valence-electron chi connectivity index (χ3n) is 3.90. The van der Waals surface area contributed by atoms with E-state index >= 15 is 0 Å². The monoisotopic (exact) mass is 377 g/mol. The van der Waals surface area contributed by atoms with Crippen molar-refractivity contribution in [2.24, 2.45) is 0 Å². The number of carbonyl (C=O) groups is 1. The highest BCUT2D eigenvalue weighted by molar-refractivity contribution is 7.98. The van der Waals surface area contributed by atoms with Gasteiger partial charge in [-0.25, -0.2) is 9.97 Å². The SMILES string of the molecule is CSc1ccc(C(=O)Nc2ccc(-c3nc4ccccc4s3)cn2)cc1. The highest BCUT2D eigenvalue weighted by Crippen LogP contribution is 2.29. The molecular weight excluding hydrogens is 362 g/mol. The fourth-order valence-electron chi connectivity index (χ4n) is 2.52. The molecule has 0 aliphatic heterocycles. The summed E-state index contributed by atoms with van der Waals surface area (Å²) in [6, 6.07) is 19.3. The van der Waals surface area contributed by atoms with Gasteiger partial charge in [0.15, 0.2) is 0 Å². The summed E-state index contributed by atoms with van der Waals surface area (Å²) >= 11 is 3.28. The molecule has 4 rings (SSSR count). The fourth-order valence-corrected chi connectivity index (χ4v) is 3.88. The fraction of sp³-hybridized carbons (Fsp3) is 0.0500. The second kappa shape index (κ2) is 7.27. The molecule has 2 aromatic heterocycles. The van der Waals surface area contributed by atoms with Gasteiger partial charge in [0.2, 0.25) is 0 Å². The van der Waals surface area contributed by atoms with E-state index in [-0.39, 0.29) is 5.91 Å². The van der Waals surface area contributed by atoms with Crippen LogP contribution in [0.1, 0.15) is 10.4 Å². The largest absolute Gasteiger partial charge is 0.307 e. The number of nitrogens with zero attached hydrogens (tertiary/aromatic N) is 2. The summed E-state index contributed by atoms with van der Waals surface area (Å²) in [6.45, 7) is 0. The topological polar surface area (TPSA) is 54.9 Å². The van der Waals surface area contributed by atoms with Crippen molar-refractivity contribution in [2.75, 3.05) is 11.6 Å². The lowest BCUT2D eigenvalue weighted by Gasteiger charge is -2.05. The predicted octanol–water partition coefficient (Wildman–Crippen LogP) is 5.33. The molecule has 2 heterocycles. The Kier molecular flexibility index (Phi) is 4.69. The molecule has 0 radical (unpaired) electrons. The number of nitrogens with one attached hydrogen (secondary N) is 1. The summed E-state index contributed by atoms with van der Waals surface area (Å²) < 4.78 is 1.15. The lowest BCUT2D eigenvalue weighted by atomic mass is 10.2. The molecular formula is C20H15N3OS2. The molecule has 4 nitrogen and oxygen atoms in total. The maximum atomic E-state index is 12.3. The number of thioether (sulfide) groups is 1. The van der Waals surface area contributed by atoms with E-state index in [2.05, 4.69) is 21.4 Å². The van der Waals surface area contributed by atoms with Crippen molar-refractivity contribution in [3.05, 3.63) is 72.4 Å². The summed E-state index contributed by atoms with van der Waals surface area (Å²) in [4.78, 5) is 22.4. The van der Waals surface area contributed by atoms with Crippen LogP contribution >= 0.6 is 23.1 Å². The number of hydrogen-bond acceptors (Lipinski definition) is 5. The Bertz CT molecular complexity index is 1020. The minimum absolute atomic E-state index is 0.169. The van der Waals surface area contributed by atoms with Crippen molar-refractivity contribution in [3.63, 3.8) is 0 Å². The molecule has 0 atom stereocenters. The molecule has 0 spiro atoms. The van der Waals surface area contributed by atoms with Crippen LogP contribution in [-0.4, -0.2) is 22.1 Å². The second-order valence-corrected chi connectivity index (χ2v) is 7.51. The first-order chi connectivity index (χ1) is 12.7. The van der Waals surface area contributed by atoms with Crippen molar-refractivity contribution in [2.45, 2.75) is 4.90 Å². The molecule has 128 valence electrons. The number of carbonyl (C=O) groups excluding carboxylic acids is 1. The third kappa shape index (κ3) is 3.47. The molecule has 0 saturated carbocycles. The first-order valence-electron chi connectivity index (χ1n) is 8.00. The van der Waals surface area contributed by atoms with Crippen molar-refractivity contribution in [1.82, 2.24) is 9.97 Å². The summed E-state index contributed by atoms with van der Waals surface area (Å²) in [5, 5.41) is 3.75. The Morgan fingerprint density at radius 2 is 1.85 bits per heavy atom. The van der Waals surface area contributed by atoms with E-state index in [0.29, 0.717) is 11.4 Å². The van der Waals surface area contributed by atoms with E-state index in [1.807, 2.05) is 54.8 Å². The lowest BCUT2D eigenvalue weighted by Crippen LogP contribution is -2.12. The number of thiazole rings is 1. The molecule has 1 N–H and O–H groups in total. The summed E-state index contributed by atoms with van der Waals surface area (Å²) in [5.74, 6) is 0.353. The van der Waals surface area contributed by atoms with Crippen molar-refractivity contribution < 1.29 is 4.79 Å². The Balaban J connectivity index is 1.50. The standard InChI is InChI=1S/C20H15N3OS2/c1-25-15-9-6-13(7-10-15)19(24)23-18-11-8-14(12-21-18)20-22-16-4-2-3-5-17(16)26-20/h2-12H,1H3,(H,21,23,24). The van der Waals surface area contributed by atoms with Crippen LogP contribution in [0, 0.1) is 0 Å². The molecule has 0 fully saturated rings. The van der Waals surface area contributed by atoms with Crippen LogP contribution in [0.3, 0.4) is 0 Å². The summed E-state index contributed by atoms with van der Waals surface area (Å²) in [7, 11) is 0. The van der Waals surface area contributed by atoms with Crippen molar-refractivity contribution in [1.29, 1.82) is 0 Å². The number of pyridine rings is 1. The number of amides is 1. The summed E-state index contributed by atoms with van der Waals surface area (Å²) in [5.41, 5.74) is 2.53. The van der Waals surface area contributed by atoms with Gasteiger partial charge >= 0.3 is 0 Å². The summed E-state index contributed by atoms with van der Waals surface area (Å²) in [6.07, 6.45) is 3.75. The average Bonchev–Trinajstić information content (AvgIpc) is 3.13. The highest BCUT2D eigenvalue weighted by atomic mass is 32.2. The number of anilines is 1. The van der Waals surface area contributed by atoms with Crippen molar-refractivity contribution in [3.8, 4) is 10.6 Å². The van der Waals surface area contributed by atoms with Crippen LogP contribution in [0.5, 0.6) is 0 Å². The van der Waals surface area contributed by atoms with Crippen LogP contribution < -0.4 is 5.32 Å². The molecule has 0 bridgehead atoms. The van der Waals surface area contributed by atoms with Gasteiger partial charge in [0.25, 0.3) is 5.91 Å². The normalized spacial score (nSPS) is 10.8. The zero-order valence-corrected chi connectivity index (χ0v) is 15.6. The van der Waals surface area contributed by atoms with Gasteiger partial charge in [0.1, 0.15) is 10.8 Å². The highest BCUT2D eigenvalue weighted by Gasteiger charge is 2.09. The molecule has 1 amide bonds. The zero-order valence-electron chi connectivity index (χ0n) is 14.0. The van der Waals surface area contributed by atoms with E-state index in [9.17, 15) is 4.79 Å². The van der Waals surface area contributed by atoms with E-state index in [0.717, 1.165) is 25.7 Å². The van der Waals surface area contributed by atoms with Crippen LogP contribution in [-0.2, 0) is 0 Å². The number of benzene rings is 2. The third-order valence-corrected chi connectivity index (χ3v) is 5.73. The van der Waals surface area contributed by atoms with E-state index < -0.39 is 0 Å². The Hall–Kier alpha value is -2.70. The molecule has 0 aliphatic carbocycles. The number of hydrogen-bond donors (Lipinski definition) is 1. The van der Waals surface area contributed by atoms with E-state index in [4.69, 9.17) is 0 Å². The van der Waals surface area contributed by atoms with Gasteiger partial charge < -0.3 is 5.32 Å². The van der Waals surface area contributed by atoms with E-state index in [1.165, 1.54) is 0 Å². The van der Waals surface area contributed by atoms with Crippen LogP contribution in [0.15, 0.2) is 71.8 Å². The lowest BCUT2D eigenvalue weighted by molar-refractivity contribution is 0.102. The zero-order chi connectivity index (χ0) is 17.9. The second-order valence-electron chi connectivity index (χ2n) is 5.60. The van der Waals surface area contributed by atoms with Gasteiger partial charge in [-0.3, -0.25) is 4.79 Å². The van der Waals surface area contributed by atoms with Gasteiger partial charge in [-0.2, -0.15) is 0 Å². The Morgan fingerprint density at radius 1 is 1.04 bits per heavy atom. The Labute approximate surface area is 159 Å². The molecule has 0 unspecified atom stereocenters. The number of rotatable bonds is 4.